The normalized spacial score (nSPS) is 12.5. The minimum Gasteiger partial charge on any atom is -0.455 e. The van der Waals surface area contributed by atoms with Gasteiger partial charge in [0.2, 0.25) is 0 Å². The first-order chi connectivity index (χ1) is 54.8. The molecule has 0 aliphatic heterocycles. The summed E-state index contributed by atoms with van der Waals surface area (Å²) in [6.45, 7) is 4.77. The predicted molar refractivity (Wildman–Crippen MR) is 468 cm³/mol. The Labute approximate surface area is 642 Å². The lowest BCUT2D eigenvalue weighted by Gasteiger charge is -2.32. The van der Waals surface area contributed by atoms with E-state index in [1.807, 2.05) is 0 Å². The van der Waals surface area contributed by atoms with Gasteiger partial charge in [-0.05, 0) is 242 Å². The summed E-state index contributed by atoms with van der Waals surface area (Å²) in [4.78, 5) is 4.92. The maximum Gasteiger partial charge on any atom is 0.143 e. The molecule has 4 heteroatoms. The van der Waals surface area contributed by atoms with Crippen molar-refractivity contribution in [2.45, 2.75) is 19.3 Å². The standard InChI is InChI=1S/C107H70N2O2/c1-107(2)97-43-13-11-39-92(97)93-42-19-45-99(104(93)107)108(80-55-50-69(51-56-80)96-66-78-25-6-7-34-84(78)90-37-9-10-38-91(90)96)82-32-17-29-76(64-82)86-40-21-47-101-103(86)95-59-54-79-62-74(53-57-89(79)106(95)111-101)71-26-15-28-75(61-71)85-35-12-14-44-98(85)109(81-31-16-27-72(63-81)73-49-48-67-22-3-4-24-70(67)60-73)83-33-18-30-77(65-83)87-41-20-46-100-102(87)94-58-52-68-23-5-8-36-88(68)105(94)110-100/h3-66H,1-2H3. The summed E-state index contributed by atoms with van der Waals surface area (Å²) in [5.41, 5.74) is 28.5. The second-order valence-electron chi connectivity index (χ2n) is 30.2. The van der Waals surface area contributed by atoms with Gasteiger partial charge in [-0.1, -0.05) is 287 Å². The second-order valence-corrected chi connectivity index (χ2v) is 30.2. The summed E-state index contributed by atoms with van der Waals surface area (Å²) in [5.74, 6) is 0. The van der Waals surface area contributed by atoms with Crippen molar-refractivity contribution in [1.29, 1.82) is 0 Å². The molecule has 21 aromatic rings. The topological polar surface area (TPSA) is 32.8 Å². The van der Waals surface area contributed by atoms with Gasteiger partial charge in [-0.3, -0.25) is 0 Å². The number of furan rings is 2. The van der Waals surface area contributed by atoms with Crippen LogP contribution < -0.4 is 9.80 Å². The van der Waals surface area contributed by atoms with Gasteiger partial charge < -0.3 is 18.6 Å². The van der Waals surface area contributed by atoms with Crippen LogP contribution in [0.5, 0.6) is 0 Å². The SMILES string of the molecule is CC1(C)c2ccccc2-c2cccc(N(c3ccc(-c4cc5ccccc5c5ccccc45)cc3)c3cccc(-c4cccc5oc6c7ccc(-c8cccc(-c9ccccc9N(c9cccc(-c%10ccc%11ccccc%11c%10)c9)c9cccc(-c%10cccc%11oc%12c%13ccccc%13ccc%12c%10%11)c9)c8)cc7ccc6c45)c3)c21. The van der Waals surface area contributed by atoms with Crippen molar-refractivity contribution < 1.29 is 8.83 Å². The molecule has 0 saturated carbocycles. The summed E-state index contributed by atoms with van der Waals surface area (Å²) >= 11 is 0. The predicted octanol–water partition coefficient (Wildman–Crippen LogP) is 30.5. The molecular weight excluding hydrogens is 1350 g/mol. The highest BCUT2D eigenvalue weighted by Gasteiger charge is 2.39. The zero-order valence-electron chi connectivity index (χ0n) is 61.2. The van der Waals surface area contributed by atoms with E-state index in [9.17, 15) is 0 Å². The van der Waals surface area contributed by atoms with Crippen LogP contribution in [0.25, 0.3) is 176 Å². The first kappa shape index (κ1) is 63.9. The Morgan fingerprint density at radius 3 is 1.34 bits per heavy atom. The van der Waals surface area contributed by atoms with Crippen molar-refractivity contribution in [2.24, 2.45) is 0 Å². The van der Waals surface area contributed by atoms with Crippen LogP contribution in [0.1, 0.15) is 25.0 Å². The number of anilines is 6. The third kappa shape index (κ3) is 10.4. The van der Waals surface area contributed by atoms with Crippen LogP contribution >= 0.6 is 0 Å². The molecule has 19 aromatic carbocycles. The van der Waals surface area contributed by atoms with Crippen molar-refractivity contribution in [1.82, 2.24) is 0 Å². The van der Waals surface area contributed by atoms with Crippen molar-refractivity contribution in [2.75, 3.05) is 9.80 Å². The zero-order valence-corrected chi connectivity index (χ0v) is 61.2. The molecular formula is C107H70N2O2. The third-order valence-electron chi connectivity index (χ3n) is 23.5. The Kier molecular flexibility index (Phi) is 14.6. The molecule has 0 unspecified atom stereocenters. The summed E-state index contributed by atoms with van der Waals surface area (Å²) in [6, 6.07) is 143. The number of nitrogens with zero attached hydrogens (tertiary/aromatic N) is 2. The average molecular weight is 1420 g/mol. The van der Waals surface area contributed by atoms with Crippen LogP contribution in [0, 0.1) is 0 Å². The molecule has 0 radical (unpaired) electrons. The van der Waals surface area contributed by atoms with E-state index in [0.29, 0.717) is 0 Å². The second kappa shape index (κ2) is 25.4. The average Bonchev–Trinajstić information content (AvgIpc) is 1.57. The van der Waals surface area contributed by atoms with E-state index < -0.39 is 0 Å². The molecule has 520 valence electrons. The molecule has 0 atom stereocenters. The van der Waals surface area contributed by atoms with E-state index in [4.69, 9.17) is 8.83 Å². The maximum absolute atomic E-state index is 7.09. The molecule has 0 N–H and O–H groups in total. The smallest absolute Gasteiger partial charge is 0.143 e. The largest absolute Gasteiger partial charge is 0.455 e. The van der Waals surface area contributed by atoms with Crippen molar-refractivity contribution in [3.05, 3.63) is 399 Å². The minimum atomic E-state index is -0.261. The Hall–Kier alpha value is -14.3. The highest BCUT2D eigenvalue weighted by Crippen LogP contribution is 2.56. The van der Waals surface area contributed by atoms with Crippen molar-refractivity contribution in [3.8, 4) is 77.9 Å². The lowest BCUT2D eigenvalue weighted by Crippen LogP contribution is -2.20. The van der Waals surface area contributed by atoms with Gasteiger partial charge in [-0.15, -0.1) is 0 Å². The fourth-order valence-electron chi connectivity index (χ4n) is 18.4. The van der Waals surface area contributed by atoms with Crippen LogP contribution in [0.3, 0.4) is 0 Å². The summed E-state index contributed by atoms with van der Waals surface area (Å²) in [5, 5.41) is 16.3. The molecule has 0 amide bonds. The van der Waals surface area contributed by atoms with Crippen LogP contribution in [0.2, 0.25) is 0 Å². The quantitative estimate of drug-likeness (QED) is 0.114. The van der Waals surface area contributed by atoms with Gasteiger partial charge in [0, 0.05) is 66.0 Å². The van der Waals surface area contributed by atoms with E-state index in [0.717, 1.165) is 155 Å². The number of rotatable bonds is 12. The van der Waals surface area contributed by atoms with E-state index in [-0.39, 0.29) is 5.41 Å². The van der Waals surface area contributed by atoms with Gasteiger partial charge in [0.25, 0.3) is 0 Å². The van der Waals surface area contributed by atoms with Gasteiger partial charge in [-0.2, -0.15) is 0 Å². The zero-order chi connectivity index (χ0) is 73.4. The molecule has 4 nitrogen and oxygen atoms in total. The third-order valence-corrected chi connectivity index (χ3v) is 23.5. The fraction of sp³-hybridized carbons (Fsp3) is 0.0280. The monoisotopic (exact) mass is 1410 g/mol. The van der Waals surface area contributed by atoms with E-state index in [2.05, 4.69) is 412 Å². The Morgan fingerprint density at radius 2 is 0.640 bits per heavy atom. The van der Waals surface area contributed by atoms with Gasteiger partial charge >= 0.3 is 0 Å². The lowest BCUT2D eigenvalue weighted by atomic mass is 9.81. The molecule has 111 heavy (non-hydrogen) atoms. The van der Waals surface area contributed by atoms with Crippen LogP contribution in [-0.4, -0.2) is 0 Å². The fourth-order valence-corrected chi connectivity index (χ4v) is 18.4. The van der Waals surface area contributed by atoms with Crippen LogP contribution in [0.4, 0.5) is 34.1 Å². The van der Waals surface area contributed by atoms with Gasteiger partial charge in [-0.25, -0.2) is 0 Å². The summed E-state index contributed by atoms with van der Waals surface area (Å²) in [6.07, 6.45) is 0. The lowest BCUT2D eigenvalue weighted by molar-refractivity contribution is 0.661. The number of fused-ring (bicyclic) bond motifs is 17. The van der Waals surface area contributed by atoms with Gasteiger partial charge in [0.1, 0.15) is 22.3 Å². The highest BCUT2D eigenvalue weighted by atomic mass is 16.3. The highest BCUT2D eigenvalue weighted by molar-refractivity contribution is 6.21. The Morgan fingerprint density at radius 1 is 0.216 bits per heavy atom. The number of hydrogen-bond donors (Lipinski definition) is 0. The number of hydrogen-bond acceptors (Lipinski definition) is 4. The molecule has 1 aliphatic carbocycles. The molecule has 0 bridgehead atoms. The summed E-state index contributed by atoms with van der Waals surface area (Å²) in [7, 11) is 0. The summed E-state index contributed by atoms with van der Waals surface area (Å²) < 4.78 is 13.8. The first-order valence-electron chi connectivity index (χ1n) is 38.3. The van der Waals surface area contributed by atoms with E-state index >= 15 is 0 Å². The van der Waals surface area contributed by atoms with Crippen LogP contribution in [-0.2, 0) is 5.41 Å². The maximum atomic E-state index is 7.09. The van der Waals surface area contributed by atoms with Crippen molar-refractivity contribution >= 4 is 132 Å². The molecule has 1 aliphatic rings. The van der Waals surface area contributed by atoms with Gasteiger partial charge in [0.15, 0.2) is 0 Å². The Balaban J connectivity index is 0.629. The van der Waals surface area contributed by atoms with Crippen molar-refractivity contribution in [3.63, 3.8) is 0 Å². The molecule has 2 aromatic heterocycles. The first-order valence-corrected chi connectivity index (χ1v) is 38.3. The number of benzene rings is 19. The molecule has 2 heterocycles. The van der Waals surface area contributed by atoms with E-state index in [1.54, 1.807) is 0 Å². The molecule has 0 fully saturated rings. The molecule has 22 rings (SSSR count). The molecule has 0 saturated heterocycles. The minimum absolute atomic E-state index is 0.261. The van der Waals surface area contributed by atoms with Crippen LogP contribution in [0.15, 0.2) is 397 Å². The Bertz CT molecular complexity index is 7400. The number of para-hydroxylation sites is 1. The van der Waals surface area contributed by atoms with Gasteiger partial charge in [0.05, 0.1) is 11.4 Å². The molecule has 0 spiro atoms. The van der Waals surface area contributed by atoms with E-state index in [1.165, 1.54) is 65.7 Å².